The molecule has 1 aliphatic rings. The third-order valence-electron chi connectivity index (χ3n) is 3.97. The molecule has 0 aliphatic carbocycles. The molecular weight excluding hydrogens is 314 g/mol. The van der Waals surface area contributed by atoms with Gasteiger partial charge in [0.1, 0.15) is 5.82 Å². The number of benzene rings is 1. The number of aryl methyl sites for hydroxylation is 1. The molecule has 1 aromatic heterocycles. The van der Waals surface area contributed by atoms with Gasteiger partial charge in [0.2, 0.25) is 0 Å². The van der Waals surface area contributed by atoms with E-state index in [1.54, 1.807) is 0 Å². The quantitative estimate of drug-likeness (QED) is 0.918. The van der Waals surface area contributed by atoms with E-state index in [1.807, 2.05) is 12.3 Å². The Morgan fingerprint density at radius 2 is 2.15 bits per heavy atom. The number of hydrogen-bond donors (Lipinski definition) is 1. The van der Waals surface area contributed by atoms with Gasteiger partial charge in [-0.2, -0.15) is 0 Å². The van der Waals surface area contributed by atoms with E-state index in [4.69, 9.17) is 5.73 Å². The van der Waals surface area contributed by atoms with Gasteiger partial charge in [0.15, 0.2) is 0 Å². The minimum atomic E-state index is 0.200. The summed E-state index contributed by atoms with van der Waals surface area (Å²) in [6.45, 7) is 3.64. The van der Waals surface area contributed by atoms with Crippen molar-refractivity contribution >= 4 is 21.7 Å². The zero-order chi connectivity index (χ0) is 14.1. The molecule has 0 fully saturated rings. The van der Waals surface area contributed by atoms with Crippen molar-refractivity contribution in [3.8, 4) is 0 Å². The predicted molar refractivity (Wildman–Crippen MR) is 86.0 cm³/mol. The zero-order valence-electron chi connectivity index (χ0n) is 11.5. The molecule has 0 bridgehead atoms. The first-order chi connectivity index (χ1) is 9.72. The summed E-state index contributed by atoms with van der Waals surface area (Å²) in [5.41, 5.74) is 9.98. The minimum Gasteiger partial charge on any atom is -0.347 e. The summed E-state index contributed by atoms with van der Waals surface area (Å²) in [6.07, 6.45) is 2.90. The van der Waals surface area contributed by atoms with Gasteiger partial charge < -0.3 is 10.6 Å². The van der Waals surface area contributed by atoms with Gasteiger partial charge in [0.25, 0.3) is 0 Å². The molecule has 20 heavy (non-hydrogen) atoms. The summed E-state index contributed by atoms with van der Waals surface area (Å²) in [7, 11) is 0. The van der Waals surface area contributed by atoms with Crippen LogP contribution in [0.2, 0.25) is 0 Å². The van der Waals surface area contributed by atoms with E-state index in [0.717, 1.165) is 23.3 Å². The molecule has 0 saturated carbocycles. The Hall–Kier alpha value is -1.39. The summed E-state index contributed by atoms with van der Waals surface area (Å²) in [4.78, 5) is 6.88. The normalized spacial score (nSPS) is 17.9. The van der Waals surface area contributed by atoms with Crippen LogP contribution >= 0.6 is 15.9 Å². The molecule has 2 heterocycles. The van der Waals surface area contributed by atoms with Crippen molar-refractivity contribution in [3.63, 3.8) is 0 Å². The molecule has 0 saturated heterocycles. The van der Waals surface area contributed by atoms with Crippen LogP contribution in [0.15, 0.2) is 41.0 Å². The Morgan fingerprint density at radius 3 is 2.95 bits per heavy atom. The van der Waals surface area contributed by atoms with Crippen molar-refractivity contribution in [1.82, 2.24) is 4.98 Å². The zero-order valence-corrected chi connectivity index (χ0v) is 13.1. The molecule has 1 unspecified atom stereocenters. The highest BCUT2D eigenvalue weighted by atomic mass is 79.9. The first kappa shape index (κ1) is 13.6. The highest BCUT2D eigenvalue weighted by Crippen LogP contribution is 2.36. The molecule has 1 aromatic carbocycles. The molecule has 3 rings (SSSR count). The number of halogens is 1. The highest BCUT2D eigenvalue weighted by Gasteiger charge is 2.28. The molecule has 4 heteroatoms. The van der Waals surface area contributed by atoms with Crippen molar-refractivity contribution in [2.75, 3.05) is 18.0 Å². The summed E-state index contributed by atoms with van der Waals surface area (Å²) in [5.74, 6) is 0.995. The van der Waals surface area contributed by atoms with Gasteiger partial charge in [-0.3, -0.25) is 0 Å². The molecule has 2 aromatic rings. The Balaban J connectivity index is 2.05. The van der Waals surface area contributed by atoms with Crippen molar-refractivity contribution in [3.05, 3.63) is 57.7 Å². The van der Waals surface area contributed by atoms with E-state index in [1.165, 1.54) is 16.7 Å². The Labute approximate surface area is 127 Å². The fourth-order valence-corrected chi connectivity index (χ4v) is 3.35. The van der Waals surface area contributed by atoms with Gasteiger partial charge in [-0.05, 0) is 52.0 Å². The van der Waals surface area contributed by atoms with Gasteiger partial charge in [-0.15, -0.1) is 0 Å². The Morgan fingerprint density at radius 1 is 1.35 bits per heavy atom. The monoisotopic (exact) mass is 331 g/mol. The summed E-state index contributed by atoms with van der Waals surface area (Å²) in [5, 5.41) is 0. The molecule has 2 N–H and O–H groups in total. The number of nitrogens with zero attached hydrogens (tertiary/aromatic N) is 2. The van der Waals surface area contributed by atoms with Gasteiger partial charge in [-0.1, -0.05) is 24.3 Å². The lowest BCUT2D eigenvalue weighted by atomic mass is 9.92. The van der Waals surface area contributed by atoms with E-state index in [2.05, 4.69) is 57.0 Å². The molecule has 104 valence electrons. The average Bonchev–Trinajstić information content (AvgIpc) is 2.49. The molecule has 1 atom stereocenters. The smallest absolute Gasteiger partial charge is 0.143 e. The average molecular weight is 332 g/mol. The maximum absolute atomic E-state index is 6.05. The van der Waals surface area contributed by atoms with Gasteiger partial charge >= 0.3 is 0 Å². The fraction of sp³-hybridized carbons (Fsp3) is 0.312. The first-order valence-electron chi connectivity index (χ1n) is 6.88. The summed E-state index contributed by atoms with van der Waals surface area (Å²) >= 11 is 3.67. The van der Waals surface area contributed by atoms with Crippen molar-refractivity contribution in [2.45, 2.75) is 19.4 Å². The fourth-order valence-electron chi connectivity index (χ4n) is 2.89. The van der Waals surface area contributed by atoms with E-state index in [9.17, 15) is 0 Å². The minimum absolute atomic E-state index is 0.200. The standard InChI is InChI=1S/C16H18BrN3/c1-11-6-8-19-16(15(11)17)20-9-7-12-4-2-3-5-13(12)14(20)10-18/h2-6,8,14H,7,9-10,18H2,1H3. The number of nitrogens with two attached hydrogens (primary N) is 1. The van der Waals surface area contributed by atoms with Crippen LogP contribution in [0.25, 0.3) is 0 Å². The Kier molecular flexibility index (Phi) is 3.76. The van der Waals surface area contributed by atoms with Crippen LogP contribution in [-0.4, -0.2) is 18.1 Å². The highest BCUT2D eigenvalue weighted by molar-refractivity contribution is 9.10. The number of hydrogen-bond acceptors (Lipinski definition) is 3. The topological polar surface area (TPSA) is 42.2 Å². The van der Waals surface area contributed by atoms with Gasteiger partial charge in [-0.25, -0.2) is 4.98 Å². The second-order valence-electron chi connectivity index (χ2n) is 5.16. The van der Waals surface area contributed by atoms with Crippen molar-refractivity contribution in [2.24, 2.45) is 5.73 Å². The van der Waals surface area contributed by atoms with E-state index < -0.39 is 0 Å². The lowest BCUT2D eigenvalue weighted by Gasteiger charge is -2.38. The second kappa shape index (κ2) is 5.54. The maximum atomic E-state index is 6.05. The van der Waals surface area contributed by atoms with Crippen molar-refractivity contribution < 1.29 is 0 Å². The third-order valence-corrected chi connectivity index (χ3v) is 4.95. The third kappa shape index (κ3) is 2.23. The van der Waals surface area contributed by atoms with Crippen LogP contribution in [0.3, 0.4) is 0 Å². The second-order valence-corrected chi connectivity index (χ2v) is 5.95. The van der Waals surface area contributed by atoms with Crippen LogP contribution in [0.1, 0.15) is 22.7 Å². The lowest BCUT2D eigenvalue weighted by molar-refractivity contribution is 0.583. The summed E-state index contributed by atoms with van der Waals surface area (Å²) in [6, 6.07) is 10.8. The molecule has 3 nitrogen and oxygen atoms in total. The van der Waals surface area contributed by atoms with Crippen LogP contribution in [0.4, 0.5) is 5.82 Å². The summed E-state index contributed by atoms with van der Waals surface area (Å²) < 4.78 is 1.07. The number of fused-ring (bicyclic) bond motifs is 1. The molecular formula is C16H18BrN3. The van der Waals surface area contributed by atoms with E-state index in [-0.39, 0.29) is 6.04 Å². The van der Waals surface area contributed by atoms with Crippen molar-refractivity contribution in [1.29, 1.82) is 0 Å². The molecule has 0 radical (unpaired) electrons. The van der Waals surface area contributed by atoms with E-state index in [0.29, 0.717) is 6.54 Å². The maximum Gasteiger partial charge on any atom is 0.143 e. The van der Waals surface area contributed by atoms with Gasteiger partial charge in [0.05, 0.1) is 10.5 Å². The SMILES string of the molecule is Cc1ccnc(N2CCc3ccccc3C2CN)c1Br. The van der Waals surface area contributed by atoms with Crippen LogP contribution in [0, 0.1) is 6.92 Å². The van der Waals surface area contributed by atoms with E-state index >= 15 is 0 Å². The molecule has 0 amide bonds. The lowest BCUT2D eigenvalue weighted by Crippen LogP contribution is -2.40. The van der Waals surface area contributed by atoms with Crippen LogP contribution < -0.4 is 10.6 Å². The predicted octanol–water partition coefficient (Wildman–Crippen LogP) is 3.22. The molecule has 0 spiro atoms. The van der Waals surface area contributed by atoms with Crippen LogP contribution in [0.5, 0.6) is 0 Å². The largest absolute Gasteiger partial charge is 0.347 e. The van der Waals surface area contributed by atoms with Crippen LogP contribution in [-0.2, 0) is 6.42 Å². The number of anilines is 1. The first-order valence-corrected chi connectivity index (χ1v) is 7.67. The van der Waals surface area contributed by atoms with Gasteiger partial charge in [0, 0.05) is 19.3 Å². The number of pyridine rings is 1. The number of aromatic nitrogens is 1. The Bertz CT molecular complexity index is 627. The molecule has 1 aliphatic heterocycles. The number of rotatable bonds is 2.